The van der Waals surface area contributed by atoms with Gasteiger partial charge in [-0.05, 0) is 49.4 Å². The van der Waals surface area contributed by atoms with Gasteiger partial charge in [-0.1, -0.05) is 42.0 Å². The fourth-order valence-electron chi connectivity index (χ4n) is 4.18. The Labute approximate surface area is 209 Å². The molecule has 8 heteroatoms. The Bertz CT molecular complexity index is 1280. The van der Waals surface area contributed by atoms with Gasteiger partial charge in [0.2, 0.25) is 5.43 Å². The lowest BCUT2D eigenvalue weighted by atomic mass is 10.1. The minimum absolute atomic E-state index is 0.0418. The zero-order chi connectivity index (χ0) is 25.5. The van der Waals surface area contributed by atoms with Crippen LogP contribution in [-0.2, 0) is 24.2 Å². The second-order valence-electron chi connectivity index (χ2n) is 9.05. The number of carbonyl (C=O) groups excluding carboxylic acids is 2. The molecule has 0 radical (unpaired) electrons. The number of nitrogens with zero attached hydrogens (tertiary/aromatic N) is 1. The van der Waals surface area contributed by atoms with Crippen molar-refractivity contribution in [1.29, 1.82) is 0 Å². The highest BCUT2D eigenvalue weighted by molar-refractivity contribution is 5.99. The molecule has 2 heterocycles. The second kappa shape index (κ2) is 11.8. The number of rotatable bonds is 9. The van der Waals surface area contributed by atoms with E-state index in [1.54, 1.807) is 16.7 Å². The Morgan fingerprint density at radius 3 is 2.42 bits per heavy atom. The summed E-state index contributed by atoms with van der Waals surface area (Å²) in [7, 11) is 0. The van der Waals surface area contributed by atoms with Crippen LogP contribution in [0.3, 0.4) is 0 Å². The van der Waals surface area contributed by atoms with Crippen LogP contribution >= 0.6 is 0 Å². The summed E-state index contributed by atoms with van der Waals surface area (Å²) in [6.07, 6.45) is 5.14. The monoisotopic (exact) mass is 491 g/mol. The van der Waals surface area contributed by atoms with Crippen LogP contribution in [0.4, 0.5) is 4.39 Å². The van der Waals surface area contributed by atoms with Gasteiger partial charge in [-0.25, -0.2) is 4.39 Å². The normalized spacial score (nSPS) is 15.0. The van der Waals surface area contributed by atoms with Gasteiger partial charge in [0, 0.05) is 38.6 Å². The second-order valence-corrected chi connectivity index (χ2v) is 9.05. The highest BCUT2D eigenvalue weighted by atomic mass is 19.1. The fourth-order valence-corrected chi connectivity index (χ4v) is 4.18. The molecule has 36 heavy (non-hydrogen) atoms. The Balaban J connectivity index is 1.51. The summed E-state index contributed by atoms with van der Waals surface area (Å²) in [5.41, 5.74) is 1.89. The first kappa shape index (κ1) is 25.3. The lowest BCUT2D eigenvalue weighted by molar-refractivity contribution is 0.0925. The number of pyridine rings is 1. The van der Waals surface area contributed by atoms with Gasteiger partial charge in [0.25, 0.3) is 11.8 Å². The third-order valence-corrected chi connectivity index (χ3v) is 6.17. The first-order valence-corrected chi connectivity index (χ1v) is 12.1. The van der Waals surface area contributed by atoms with E-state index in [1.807, 2.05) is 31.2 Å². The van der Waals surface area contributed by atoms with Gasteiger partial charge in [-0.2, -0.15) is 0 Å². The molecule has 3 aromatic rings. The van der Waals surface area contributed by atoms with E-state index in [4.69, 9.17) is 4.74 Å². The maximum absolute atomic E-state index is 13.4. The highest BCUT2D eigenvalue weighted by Gasteiger charge is 2.22. The number of hydrogen-bond acceptors (Lipinski definition) is 4. The van der Waals surface area contributed by atoms with Crippen molar-refractivity contribution < 1.29 is 18.7 Å². The number of halogens is 1. The molecule has 0 spiro atoms. The van der Waals surface area contributed by atoms with Crippen molar-refractivity contribution >= 4 is 11.8 Å². The molecule has 1 aliphatic heterocycles. The predicted octanol–water partition coefficient (Wildman–Crippen LogP) is 3.38. The molecule has 1 saturated heterocycles. The van der Waals surface area contributed by atoms with Crippen molar-refractivity contribution in [1.82, 2.24) is 15.2 Å². The van der Waals surface area contributed by atoms with E-state index in [9.17, 15) is 18.8 Å². The molecule has 2 aromatic carbocycles. The van der Waals surface area contributed by atoms with Gasteiger partial charge in [0.05, 0.1) is 6.10 Å². The molecular formula is C28H30FN3O4. The number of nitrogens with one attached hydrogen (secondary N) is 2. The van der Waals surface area contributed by atoms with Crippen LogP contribution in [0.25, 0.3) is 0 Å². The van der Waals surface area contributed by atoms with Crippen LogP contribution in [0.5, 0.6) is 0 Å². The van der Waals surface area contributed by atoms with Crippen molar-refractivity contribution in [3.05, 3.63) is 105 Å². The maximum Gasteiger partial charge on any atom is 0.257 e. The van der Waals surface area contributed by atoms with Crippen LogP contribution in [0.1, 0.15) is 50.2 Å². The molecule has 188 valence electrons. The minimum atomic E-state index is -0.636. The van der Waals surface area contributed by atoms with Crippen molar-refractivity contribution in [2.75, 3.05) is 13.2 Å². The Morgan fingerprint density at radius 1 is 1.03 bits per heavy atom. The van der Waals surface area contributed by atoms with Crippen LogP contribution in [0, 0.1) is 12.7 Å². The van der Waals surface area contributed by atoms with Gasteiger partial charge in [-0.15, -0.1) is 0 Å². The van der Waals surface area contributed by atoms with Crippen molar-refractivity contribution in [2.45, 2.75) is 45.4 Å². The van der Waals surface area contributed by atoms with Gasteiger partial charge in [-0.3, -0.25) is 14.4 Å². The van der Waals surface area contributed by atoms with E-state index in [-0.39, 0.29) is 36.1 Å². The summed E-state index contributed by atoms with van der Waals surface area (Å²) in [5.74, 6) is -1.47. The maximum atomic E-state index is 13.4. The zero-order valence-corrected chi connectivity index (χ0v) is 20.3. The van der Waals surface area contributed by atoms with Crippen molar-refractivity contribution in [3.63, 3.8) is 0 Å². The van der Waals surface area contributed by atoms with Crippen molar-refractivity contribution in [3.8, 4) is 0 Å². The van der Waals surface area contributed by atoms with E-state index >= 15 is 0 Å². The Hall–Kier alpha value is -3.78. The highest BCUT2D eigenvalue weighted by Crippen LogP contribution is 2.14. The molecule has 0 aliphatic carbocycles. The molecule has 1 atom stereocenters. The topological polar surface area (TPSA) is 89.4 Å². The largest absolute Gasteiger partial charge is 0.376 e. The van der Waals surface area contributed by atoms with Crippen molar-refractivity contribution in [2.24, 2.45) is 0 Å². The third kappa shape index (κ3) is 6.66. The summed E-state index contributed by atoms with van der Waals surface area (Å²) in [5, 5.41) is 5.50. The number of aryl methyl sites for hydroxylation is 1. The number of ether oxygens (including phenoxy) is 1. The van der Waals surface area contributed by atoms with Gasteiger partial charge >= 0.3 is 0 Å². The van der Waals surface area contributed by atoms with Crippen LogP contribution in [0.2, 0.25) is 0 Å². The molecule has 0 bridgehead atoms. The third-order valence-electron chi connectivity index (χ3n) is 6.17. The molecule has 0 unspecified atom stereocenters. The van der Waals surface area contributed by atoms with Gasteiger partial charge in [0.1, 0.15) is 16.9 Å². The van der Waals surface area contributed by atoms with Gasteiger partial charge in [0.15, 0.2) is 0 Å². The SMILES string of the molecule is Cc1ccc(CNC(=O)c2cn(C[C@@H]3CCCO3)cc(C(=O)NCCc3cccc(F)c3)c2=O)cc1. The summed E-state index contributed by atoms with van der Waals surface area (Å²) in [4.78, 5) is 39.1. The molecule has 2 amide bonds. The van der Waals surface area contributed by atoms with E-state index in [0.29, 0.717) is 19.6 Å². The molecule has 2 N–H and O–H groups in total. The lowest BCUT2D eigenvalue weighted by Gasteiger charge is -2.16. The summed E-state index contributed by atoms with van der Waals surface area (Å²) >= 11 is 0. The summed E-state index contributed by atoms with van der Waals surface area (Å²) in [6.45, 7) is 3.56. The number of aromatic nitrogens is 1. The van der Waals surface area contributed by atoms with Crippen LogP contribution in [-0.4, -0.2) is 35.6 Å². The van der Waals surface area contributed by atoms with Crippen LogP contribution < -0.4 is 16.1 Å². The number of amides is 2. The predicted molar refractivity (Wildman–Crippen MR) is 134 cm³/mol. The first-order chi connectivity index (χ1) is 17.4. The Kier molecular flexibility index (Phi) is 8.28. The molecular weight excluding hydrogens is 461 g/mol. The van der Waals surface area contributed by atoms with Crippen LogP contribution in [0.15, 0.2) is 65.7 Å². The number of benzene rings is 2. The molecule has 4 rings (SSSR count). The molecule has 1 aliphatic rings. The fraction of sp³-hybridized carbons (Fsp3) is 0.321. The zero-order valence-electron chi connectivity index (χ0n) is 20.3. The average Bonchev–Trinajstić information content (AvgIpc) is 3.37. The number of hydrogen-bond donors (Lipinski definition) is 2. The first-order valence-electron chi connectivity index (χ1n) is 12.1. The standard InChI is InChI=1S/C28H30FN3O4/c1-19-7-9-21(10-8-19)15-31-28(35)25-18-32(16-23-6-3-13-36-23)17-24(26(25)33)27(34)30-12-11-20-4-2-5-22(29)14-20/h2,4-5,7-10,14,17-18,23H,3,6,11-13,15-16H2,1H3,(H,30,34)(H,31,35)/t23-/m0/s1. The quantitative estimate of drug-likeness (QED) is 0.480. The molecule has 1 fully saturated rings. The molecule has 7 nitrogen and oxygen atoms in total. The summed E-state index contributed by atoms with van der Waals surface area (Å²) in [6, 6.07) is 13.9. The molecule has 0 saturated carbocycles. The Morgan fingerprint density at radius 2 is 1.75 bits per heavy atom. The lowest BCUT2D eigenvalue weighted by Crippen LogP contribution is -2.36. The van der Waals surface area contributed by atoms with Gasteiger partial charge < -0.3 is 19.9 Å². The number of carbonyl (C=O) groups is 2. The minimum Gasteiger partial charge on any atom is -0.376 e. The smallest absolute Gasteiger partial charge is 0.257 e. The van der Waals surface area contributed by atoms with E-state index in [0.717, 1.165) is 29.5 Å². The average molecular weight is 492 g/mol. The summed E-state index contributed by atoms with van der Waals surface area (Å²) < 4.78 is 20.8. The van der Waals surface area contributed by atoms with E-state index in [2.05, 4.69) is 10.6 Å². The molecule has 1 aromatic heterocycles. The van der Waals surface area contributed by atoms with E-state index < -0.39 is 17.2 Å². The van der Waals surface area contributed by atoms with E-state index in [1.165, 1.54) is 24.5 Å².